The summed E-state index contributed by atoms with van der Waals surface area (Å²) in [6.07, 6.45) is 3.61. The Hall–Kier alpha value is -3.46. The minimum Gasteiger partial charge on any atom is -0.493 e. The number of pyridine rings is 1. The van der Waals surface area contributed by atoms with E-state index in [2.05, 4.69) is 10.2 Å². The molecule has 0 radical (unpaired) electrons. The van der Waals surface area contributed by atoms with Crippen LogP contribution >= 0.6 is 0 Å². The number of azo groups is 1. The summed E-state index contributed by atoms with van der Waals surface area (Å²) in [4.78, 5) is 13.1. The third-order valence-corrected chi connectivity index (χ3v) is 5.43. The minimum absolute atomic E-state index is 0.0818. The SMILES string of the molecule is Cc1c(C#N)c(O)n(C2CCCC2)c(=O)c1N=Nc1cccc2ccccc12. The third-order valence-electron chi connectivity index (χ3n) is 5.43. The molecule has 1 heterocycles. The molecule has 2 aromatic carbocycles. The Kier molecular flexibility index (Phi) is 4.66. The molecule has 0 amide bonds. The van der Waals surface area contributed by atoms with Crippen molar-refractivity contribution in [3.8, 4) is 11.9 Å². The fourth-order valence-corrected chi connectivity index (χ4v) is 3.93. The van der Waals surface area contributed by atoms with Crippen LogP contribution in [-0.4, -0.2) is 9.67 Å². The van der Waals surface area contributed by atoms with Crippen LogP contribution in [0.1, 0.15) is 42.9 Å². The van der Waals surface area contributed by atoms with Crippen molar-refractivity contribution in [2.24, 2.45) is 10.2 Å². The number of nitriles is 1. The molecule has 1 aliphatic carbocycles. The molecule has 4 rings (SSSR count). The van der Waals surface area contributed by atoms with Crippen LogP contribution < -0.4 is 5.56 Å². The molecule has 0 atom stereocenters. The van der Waals surface area contributed by atoms with Crippen LogP contribution in [0.25, 0.3) is 10.8 Å². The predicted molar refractivity (Wildman–Crippen MR) is 107 cm³/mol. The topological polar surface area (TPSA) is 90.7 Å². The monoisotopic (exact) mass is 372 g/mol. The highest BCUT2D eigenvalue weighted by Crippen LogP contribution is 2.35. The first kappa shape index (κ1) is 17.9. The fraction of sp³-hybridized carbons (Fsp3) is 0.273. The Bertz CT molecular complexity index is 1180. The number of benzene rings is 2. The van der Waals surface area contributed by atoms with Crippen molar-refractivity contribution in [1.82, 2.24) is 4.57 Å². The van der Waals surface area contributed by atoms with E-state index in [0.717, 1.165) is 36.5 Å². The Labute approximate surface area is 162 Å². The maximum Gasteiger partial charge on any atom is 0.281 e. The van der Waals surface area contributed by atoms with Crippen molar-refractivity contribution >= 4 is 22.1 Å². The van der Waals surface area contributed by atoms with Gasteiger partial charge in [0.2, 0.25) is 5.88 Å². The number of fused-ring (bicyclic) bond motifs is 1. The van der Waals surface area contributed by atoms with E-state index >= 15 is 0 Å². The molecule has 6 nitrogen and oxygen atoms in total. The second kappa shape index (κ2) is 7.28. The fourth-order valence-electron chi connectivity index (χ4n) is 3.93. The summed E-state index contributed by atoms with van der Waals surface area (Å²) in [6.45, 7) is 1.62. The lowest BCUT2D eigenvalue weighted by atomic mass is 10.1. The third kappa shape index (κ3) is 2.95. The first-order valence-corrected chi connectivity index (χ1v) is 9.39. The van der Waals surface area contributed by atoms with Gasteiger partial charge in [0, 0.05) is 17.0 Å². The molecule has 0 spiro atoms. The van der Waals surface area contributed by atoms with Crippen LogP contribution in [0.15, 0.2) is 57.5 Å². The molecule has 140 valence electrons. The van der Waals surface area contributed by atoms with Crippen LogP contribution in [0.3, 0.4) is 0 Å². The second-order valence-electron chi connectivity index (χ2n) is 7.10. The molecule has 28 heavy (non-hydrogen) atoms. The van der Waals surface area contributed by atoms with Crippen LogP contribution in [-0.2, 0) is 0 Å². The van der Waals surface area contributed by atoms with Crippen molar-refractivity contribution in [3.63, 3.8) is 0 Å². The van der Waals surface area contributed by atoms with Gasteiger partial charge < -0.3 is 5.11 Å². The van der Waals surface area contributed by atoms with Crippen molar-refractivity contribution in [3.05, 3.63) is 63.9 Å². The maximum atomic E-state index is 13.1. The summed E-state index contributed by atoms with van der Waals surface area (Å²) >= 11 is 0. The van der Waals surface area contributed by atoms with E-state index in [1.165, 1.54) is 4.57 Å². The Morgan fingerprint density at radius 1 is 1.11 bits per heavy atom. The number of nitrogens with zero attached hydrogens (tertiary/aromatic N) is 4. The van der Waals surface area contributed by atoms with Crippen LogP contribution in [0.5, 0.6) is 5.88 Å². The summed E-state index contributed by atoms with van der Waals surface area (Å²) in [5, 5.41) is 30.6. The highest BCUT2D eigenvalue weighted by Gasteiger charge is 2.26. The lowest BCUT2D eigenvalue weighted by molar-refractivity contribution is 0.368. The van der Waals surface area contributed by atoms with Crippen molar-refractivity contribution in [1.29, 1.82) is 5.26 Å². The smallest absolute Gasteiger partial charge is 0.281 e. The quantitative estimate of drug-likeness (QED) is 0.623. The zero-order valence-electron chi connectivity index (χ0n) is 15.6. The van der Waals surface area contributed by atoms with Crippen molar-refractivity contribution in [2.75, 3.05) is 0 Å². The molecule has 0 aliphatic heterocycles. The van der Waals surface area contributed by atoms with E-state index in [4.69, 9.17) is 0 Å². The molecule has 3 aromatic rings. The zero-order valence-corrected chi connectivity index (χ0v) is 15.6. The molecular formula is C22H20N4O2. The van der Waals surface area contributed by atoms with Gasteiger partial charge in [-0.3, -0.25) is 9.36 Å². The molecule has 0 saturated heterocycles. The van der Waals surface area contributed by atoms with Gasteiger partial charge in [-0.2, -0.15) is 5.26 Å². The van der Waals surface area contributed by atoms with Gasteiger partial charge in [-0.25, -0.2) is 0 Å². The second-order valence-corrected chi connectivity index (χ2v) is 7.10. The number of aromatic nitrogens is 1. The summed E-state index contributed by atoms with van der Waals surface area (Å²) in [7, 11) is 0. The lowest BCUT2D eigenvalue weighted by Crippen LogP contribution is -2.24. The number of aromatic hydroxyl groups is 1. The van der Waals surface area contributed by atoms with Gasteiger partial charge in [-0.05, 0) is 31.2 Å². The van der Waals surface area contributed by atoms with Gasteiger partial charge in [0.1, 0.15) is 11.6 Å². The van der Waals surface area contributed by atoms with E-state index in [1.54, 1.807) is 6.92 Å². The molecule has 1 saturated carbocycles. The van der Waals surface area contributed by atoms with E-state index in [9.17, 15) is 15.2 Å². The van der Waals surface area contributed by atoms with E-state index in [0.29, 0.717) is 11.3 Å². The van der Waals surface area contributed by atoms with Gasteiger partial charge in [-0.1, -0.05) is 49.2 Å². The van der Waals surface area contributed by atoms with Gasteiger partial charge in [0.05, 0.1) is 5.69 Å². The first-order valence-electron chi connectivity index (χ1n) is 9.39. The maximum absolute atomic E-state index is 13.1. The van der Waals surface area contributed by atoms with Gasteiger partial charge in [-0.15, -0.1) is 10.2 Å². The summed E-state index contributed by atoms with van der Waals surface area (Å²) in [5.41, 5.74) is 0.788. The molecule has 0 unspecified atom stereocenters. The van der Waals surface area contributed by atoms with Gasteiger partial charge in [0.15, 0.2) is 5.69 Å². The predicted octanol–water partition coefficient (Wildman–Crippen LogP) is 5.42. The lowest BCUT2D eigenvalue weighted by Gasteiger charge is -2.18. The van der Waals surface area contributed by atoms with Gasteiger partial charge >= 0.3 is 0 Å². The summed E-state index contributed by atoms with van der Waals surface area (Å²) in [6, 6.07) is 15.4. The van der Waals surface area contributed by atoms with E-state index in [1.807, 2.05) is 48.5 Å². The van der Waals surface area contributed by atoms with Crippen LogP contribution in [0.2, 0.25) is 0 Å². The molecule has 1 aliphatic rings. The highest BCUT2D eigenvalue weighted by molar-refractivity contribution is 5.92. The van der Waals surface area contributed by atoms with E-state index in [-0.39, 0.29) is 23.2 Å². The van der Waals surface area contributed by atoms with Crippen LogP contribution in [0, 0.1) is 18.3 Å². The first-order chi connectivity index (χ1) is 13.6. The summed E-state index contributed by atoms with van der Waals surface area (Å²) in [5.74, 6) is -0.263. The largest absolute Gasteiger partial charge is 0.493 e. The molecule has 1 fully saturated rings. The highest BCUT2D eigenvalue weighted by atomic mass is 16.3. The normalized spacial score (nSPS) is 14.7. The van der Waals surface area contributed by atoms with E-state index < -0.39 is 5.56 Å². The Morgan fingerprint density at radius 3 is 2.57 bits per heavy atom. The van der Waals surface area contributed by atoms with Crippen LogP contribution in [0.4, 0.5) is 11.4 Å². The summed E-state index contributed by atoms with van der Waals surface area (Å²) < 4.78 is 1.33. The number of hydrogen-bond donors (Lipinski definition) is 1. The van der Waals surface area contributed by atoms with Crippen molar-refractivity contribution in [2.45, 2.75) is 38.6 Å². The molecule has 1 aromatic heterocycles. The average molecular weight is 372 g/mol. The minimum atomic E-state index is -0.398. The average Bonchev–Trinajstić information content (AvgIpc) is 3.22. The van der Waals surface area contributed by atoms with Crippen molar-refractivity contribution < 1.29 is 5.11 Å². The zero-order chi connectivity index (χ0) is 19.7. The number of rotatable bonds is 3. The molecule has 0 bridgehead atoms. The van der Waals surface area contributed by atoms with Gasteiger partial charge in [0.25, 0.3) is 5.56 Å². The standard InChI is InChI=1S/C22H20N4O2/c1-14-18(13-23)21(27)26(16-9-3-4-10-16)22(28)20(14)25-24-19-12-6-8-15-7-2-5-11-17(15)19/h2,5-8,11-12,16,27H,3-4,9-10H2,1H3. The molecule has 6 heteroatoms. The molecule has 1 N–H and O–H groups in total. The number of hydrogen-bond acceptors (Lipinski definition) is 5. The molecular weight excluding hydrogens is 352 g/mol. The Morgan fingerprint density at radius 2 is 1.82 bits per heavy atom. The Balaban J connectivity index is 1.87.